The minimum absolute atomic E-state index is 0.203. The van der Waals surface area contributed by atoms with Gasteiger partial charge in [-0.25, -0.2) is 0 Å². The molecule has 0 bridgehead atoms. The first-order valence-electron chi connectivity index (χ1n) is 5.52. The molecule has 3 unspecified atom stereocenters. The zero-order valence-electron chi connectivity index (χ0n) is 9.27. The van der Waals surface area contributed by atoms with E-state index in [9.17, 15) is 14.7 Å². The van der Waals surface area contributed by atoms with Crippen molar-refractivity contribution in [1.82, 2.24) is 10.2 Å². The summed E-state index contributed by atoms with van der Waals surface area (Å²) in [7, 11) is 0. The number of aliphatic hydroxyl groups is 1. The van der Waals surface area contributed by atoms with Crippen LogP contribution in [0.4, 0.5) is 0 Å². The Balaban J connectivity index is 2.00. The third kappa shape index (κ3) is 1.53. The Bertz CT molecular complexity index is 315. The van der Waals surface area contributed by atoms with Crippen LogP contribution in [0.25, 0.3) is 0 Å². The van der Waals surface area contributed by atoms with E-state index < -0.39 is 23.6 Å². The van der Waals surface area contributed by atoms with E-state index in [1.54, 1.807) is 0 Å². The molecule has 0 aromatic carbocycles. The van der Waals surface area contributed by atoms with Gasteiger partial charge in [-0.3, -0.25) is 14.5 Å². The second-order valence-electron chi connectivity index (χ2n) is 4.61. The van der Waals surface area contributed by atoms with Gasteiger partial charge >= 0.3 is 0 Å². The molecule has 0 saturated carbocycles. The maximum absolute atomic E-state index is 11.9. The van der Waals surface area contributed by atoms with Crippen molar-refractivity contribution in [2.45, 2.75) is 37.5 Å². The predicted octanol–water partition coefficient (Wildman–Crippen LogP) is -1.81. The summed E-state index contributed by atoms with van der Waals surface area (Å²) in [6.45, 7) is 2.64. The average molecular weight is 227 g/mol. The first kappa shape index (κ1) is 11.5. The molecular formula is C10H17N3O3. The maximum Gasteiger partial charge on any atom is 0.251 e. The van der Waals surface area contributed by atoms with Crippen LogP contribution in [0, 0.1) is 0 Å². The molecule has 6 heteroatoms. The number of likely N-dealkylation sites (tertiary alicyclic amines) is 1. The number of hydrogen-bond acceptors (Lipinski definition) is 5. The van der Waals surface area contributed by atoms with Crippen LogP contribution in [0.15, 0.2) is 0 Å². The standard InChI is InChI=1S/C10H17N3O3/c1-6(14)7(11)8(15)13-5-10(9(13)16)3-2-4-12-10/h6-7,12,14H,2-5,11H2,1H3. The minimum atomic E-state index is -1.01. The van der Waals surface area contributed by atoms with Crippen LogP contribution >= 0.6 is 0 Å². The number of carbonyl (C=O) groups excluding carboxylic acids is 2. The van der Waals surface area contributed by atoms with E-state index in [4.69, 9.17) is 5.73 Å². The Labute approximate surface area is 93.8 Å². The zero-order chi connectivity index (χ0) is 11.9. The van der Waals surface area contributed by atoms with Crippen molar-refractivity contribution >= 4 is 11.8 Å². The van der Waals surface area contributed by atoms with Crippen molar-refractivity contribution in [2.75, 3.05) is 13.1 Å². The Morgan fingerprint density at radius 2 is 2.38 bits per heavy atom. The van der Waals surface area contributed by atoms with Gasteiger partial charge in [-0.1, -0.05) is 0 Å². The molecule has 1 spiro atoms. The van der Waals surface area contributed by atoms with Crippen LogP contribution in [-0.2, 0) is 9.59 Å². The predicted molar refractivity (Wildman–Crippen MR) is 56.3 cm³/mol. The van der Waals surface area contributed by atoms with Gasteiger partial charge in [0.15, 0.2) is 0 Å². The van der Waals surface area contributed by atoms with Crippen molar-refractivity contribution in [1.29, 1.82) is 0 Å². The van der Waals surface area contributed by atoms with Crippen molar-refractivity contribution in [3.8, 4) is 0 Å². The monoisotopic (exact) mass is 227 g/mol. The van der Waals surface area contributed by atoms with Gasteiger partial charge in [0, 0.05) is 0 Å². The number of nitrogens with zero attached hydrogens (tertiary/aromatic N) is 1. The smallest absolute Gasteiger partial charge is 0.251 e. The average Bonchev–Trinajstić information content (AvgIpc) is 2.74. The van der Waals surface area contributed by atoms with Crippen LogP contribution in [0.5, 0.6) is 0 Å². The van der Waals surface area contributed by atoms with Crippen molar-refractivity contribution in [3.05, 3.63) is 0 Å². The summed E-state index contributed by atoms with van der Waals surface area (Å²) >= 11 is 0. The number of aliphatic hydroxyl groups excluding tert-OH is 1. The molecular weight excluding hydrogens is 210 g/mol. The molecule has 2 aliphatic rings. The highest BCUT2D eigenvalue weighted by atomic mass is 16.3. The van der Waals surface area contributed by atoms with E-state index >= 15 is 0 Å². The van der Waals surface area contributed by atoms with E-state index in [-0.39, 0.29) is 5.91 Å². The summed E-state index contributed by atoms with van der Waals surface area (Å²) in [5, 5.41) is 12.3. The largest absolute Gasteiger partial charge is 0.391 e. The summed E-state index contributed by atoms with van der Waals surface area (Å²) < 4.78 is 0. The van der Waals surface area contributed by atoms with Gasteiger partial charge < -0.3 is 16.2 Å². The summed E-state index contributed by atoms with van der Waals surface area (Å²) in [6, 6.07) is -1.01. The molecule has 0 aromatic rings. The van der Waals surface area contributed by atoms with E-state index in [0.29, 0.717) is 6.54 Å². The molecule has 6 nitrogen and oxygen atoms in total. The topological polar surface area (TPSA) is 95.7 Å². The van der Waals surface area contributed by atoms with Gasteiger partial charge in [0.1, 0.15) is 11.6 Å². The highest BCUT2D eigenvalue weighted by molar-refractivity contribution is 6.07. The number of nitrogens with two attached hydrogens (primary N) is 1. The second-order valence-corrected chi connectivity index (χ2v) is 4.61. The Morgan fingerprint density at radius 3 is 2.81 bits per heavy atom. The number of nitrogens with one attached hydrogen (secondary N) is 1. The first-order valence-corrected chi connectivity index (χ1v) is 5.52. The second kappa shape index (κ2) is 3.80. The zero-order valence-corrected chi connectivity index (χ0v) is 9.27. The first-order chi connectivity index (χ1) is 7.48. The lowest BCUT2D eigenvalue weighted by Crippen LogP contribution is -2.74. The fourth-order valence-corrected chi connectivity index (χ4v) is 2.26. The fourth-order valence-electron chi connectivity index (χ4n) is 2.26. The van der Waals surface area contributed by atoms with Crippen LogP contribution < -0.4 is 11.1 Å². The SMILES string of the molecule is CC(O)C(N)C(=O)N1CC2(CCCN2)C1=O. The Hall–Kier alpha value is -0.980. The lowest BCUT2D eigenvalue weighted by molar-refractivity contribution is -0.163. The Morgan fingerprint density at radius 1 is 1.69 bits per heavy atom. The van der Waals surface area contributed by atoms with Crippen LogP contribution in [0.3, 0.4) is 0 Å². The molecule has 2 rings (SSSR count). The van der Waals surface area contributed by atoms with Gasteiger partial charge in [0.05, 0.1) is 12.6 Å². The highest BCUT2D eigenvalue weighted by Gasteiger charge is 2.56. The van der Waals surface area contributed by atoms with Crippen LogP contribution in [0.1, 0.15) is 19.8 Å². The number of rotatable bonds is 2. The molecule has 3 atom stereocenters. The third-order valence-electron chi connectivity index (χ3n) is 3.40. The molecule has 4 N–H and O–H groups in total. The minimum Gasteiger partial charge on any atom is -0.391 e. The summed E-state index contributed by atoms with van der Waals surface area (Å²) in [5.41, 5.74) is 4.99. The van der Waals surface area contributed by atoms with Gasteiger partial charge in [-0.15, -0.1) is 0 Å². The molecule has 2 aliphatic heterocycles. The molecule has 2 saturated heterocycles. The number of carbonyl (C=O) groups is 2. The van der Waals surface area contributed by atoms with Crippen LogP contribution in [0.2, 0.25) is 0 Å². The van der Waals surface area contributed by atoms with Gasteiger partial charge in [0.2, 0.25) is 5.91 Å². The van der Waals surface area contributed by atoms with Crippen molar-refractivity contribution in [2.24, 2.45) is 5.73 Å². The molecule has 2 amide bonds. The summed E-state index contributed by atoms with van der Waals surface area (Å²) in [5.74, 6) is -0.689. The number of imide groups is 1. The van der Waals surface area contributed by atoms with E-state index in [1.165, 1.54) is 6.92 Å². The van der Waals surface area contributed by atoms with E-state index in [2.05, 4.69) is 5.32 Å². The molecule has 2 heterocycles. The number of amides is 2. The summed E-state index contributed by atoms with van der Waals surface area (Å²) in [4.78, 5) is 24.7. The lowest BCUT2D eigenvalue weighted by Gasteiger charge is -2.46. The Kier molecular flexibility index (Phi) is 2.73. The fraction of sp³-hybridized carbons (Fsp3) is 0.800. The number of β-lactam (4-membered cyclic amide) rings is 1. The summed E-state index contributed by atoms with van der Waals surface area (Å²) in [6.07, 6.45) is 0.795. The van der Waals surface area contributed by atoms with Crippen molar-refractivity contribution < 1.29 is 14.7 Å². The normalized spacial score (nSPS) is 32.7. The lowest BCUT2D eigenvalue weighted by atomic mass is 9.86. The van der Waals surface area contributed by atoms with Crippen LogP contribution in [-0.4, -0.2) is 52.6 Å². The molecule has 90 valence electrons. The van der Waals surface area contributed by atoms with Gasteiger partial charge in [-0.05, 0) is 26.3 Å². The van der Waals surface area contributed by atoms with E-state index in [1.807, 2.05) is 0 Å². The number of hydrogen-bond donors (Lipinski definition) is 3. The molecule has 0 aromatic heterocycles. The highest BCUT2D eigenvalue weighted by Crippen LogP contribution is 2.31. The molecule has 16 heavy (non-hydrogen) atoms. The van der Waals surface area contributed by atoms with Crippen molar-refractivity contribution in [3.63, 3.8) is 0 Å². The maximum atomic E-state index is 11.9. The molecule has 0 aliphatic carbocycles. The van der Waals surface area contributed by atoms with Gasteiger partial charge in [-0.2, -0.15) is 0 Å². The quantitative estimate of drug-likeness (QED) is 0.483. The molecule has 2 fully saturated rings. The van der Waals surface area contributed by atoms with E-state index in [0.717, 1.165) is 24.3 Å². The van der Waals surface area contributed by atoms with Gasteiger partial charge in [0.25, 0.3) is 5.91 Å². The molecule has 0 radical (unpaired) electrons. The third-order valence-corrected chi connectivity index (χ3v) is 3.40.